The average molecular weight is 800 g/mol. The van der Waals surface area contributed by atoms with E-state index in [4.69, 9.17) is 0 Å². The van der Waals surface area contributed by atoms with Gasteiger partial charge in [-0.15, -0.1) is 0 Å². The van der Waals surface area contributed by atoms with Gasteiger partial charge in [0.25, 0.3) is 0 Å². The summed E-state index contributed by atoms with van der Waals surface area (Å²) in [4.78, 5) is 2.43. The molecule has 0 spiro atoms. The van der Waals surface area contributed by atoms with E-state index < -0.39 is 0 Å². The molecular formula is C62H41N. The lowest BCUT2D eigenvalue weighted by atomic mass is 9.84. The topological polar surface area (TPSA) is 3.24 Å². The van der Waals surface area contributed by atoms with Crippen molar-refractivity contribution in [2.45, 2.75) is 0 Å². The Balaban J connectivity index is 1.04. The summed E-state index contributed by atoms with van der Waals surface area (Å²) in [6, 6.07) is 91.1. The molecule has 12 aromatic carbocycles. The van der Waals surface area contributed by atoms with Crippen LogP contribution in [0.15, 0.2) is 249 Å². The first kappa shape index (κ1) is 36.6. The Morgan fingerprint density at radius 3 is 1.49 bits per heavy atom. The lowest BCUT2D eigenvalue weighted by Gasteiger charge is -2.28. The summed E-state index contributed by atoms with van der Waals surface area (Å²) >= 11 is 0. The van der Waals surface area contributed by atoms with Crippen molar-refractivity contribution in [1.82, 2.24) is 0 Å². The van der Waals surface area contributed by atoms with E-state index in [-0.39, 0.29) is 0 Å². The largest absolute Gasteiger partial charge is 0.310 e. The molecule has 63 heavy (non-hydrogen) atoms. The number of fused-ring (bicyclic) bond motifs is 7. The maximum absolute atomic E-state index is 2.43. The molecule has 0 bridgehead atoms. The molecule has 0 radical (unpaired) electrons. The van der Waals surface area contributed by atoms with Crippen molar-refractivity contribution < 1.29 is 0 Å². The standard InChI is InChI=1S/C62H41N/c1-3-18-45(19-4-1)61-58-28-12-11-27-55(58)56-38-35-47(41-59(56)62(61)46-20-5-2-6-21-46)42-32-36-49(37-33-42)63(60-31-15-30-54-52-26-10-8-17-44(52)34-39-57(54)60)50-24-13-23-48(40-50)53-29-14-22-43-16-7-9-25-51(43)53/h1-41H. The number of anilines is 3. The van der Waals surface area contributed by atoms with Crippen LogP contribution in [0.4, 0.5) is 17.1 Å². The molecule has 294 valence electrons. The zero-order chi connectivity index (χ0) is 41.7. The van der Waals surface area contributed by atoms with E-state index in [1.807, 2.05) is 0 Å². The van der Waals surface area contributed by atoms with Gasteiger partial charge in [-0.25, -0.2) is 0 Å². The van der Waals surface area contributed by atoms with Crippen molar-refractivity contribution in [3.63, 3.8) is 0 Å². The predicted octanol–water partition coefficient (Wildman–Crippen LogP) is 17.6. The molecular weight excluding hydrogens is 759 g/mol. The molecule has 0 heterocycles. The zero-order valence-electron chi connectivity index (χ0n) is 34.6. The maximum atomic E-state index is 2.43. The first-order valence-corrected chi connectivity index (χ1v) is 21.8. The van der Waals surface area contributed by atoms with Gasteiger partial charge in [-0.1, -0.05) is 212 Å². The highest BCUT2D eigenvalue weighted by atomic mass is 15.1. The second kappa shape index (κ2) is 15.3. The minimum Gasteiger partial charge on any atom is -0.310 e. The summed E-state index contributed by atoms with van der Waals surface area (Å²) < 4.78 is 0. The average Bonchev–Trinajstić information content (AvgIpc) is 3.36. The Morgan fingerprint density at radius 2 is 0.730 bits per heavy atom. The second-order valence-electron chi connectivity index (χ2n) is 16.4. The Kier molecular flexibility index (Phi) is 8.90. The summed E-state index contributed by atoms with van der Waals surface area (Å²) in [5.74, 6) is 0. The van der Waals surface area contributed by atoms with Crippen LogP contribution >= 0.6 is 0 Å². The predicted molar refractivity (Wildman–Crippen MR) is 270 cm³/mol. The maximum Gasteiger partial charge on any atom is 0.0540 e. The van der Waals surface area contributed by atoms with Crippen LogP contribution in [0.2, 0.25) is 0 Å². The molecule has 0 unspecified atom stereocenters. The second-order valence-corrected chi connectivity index (χ2v) is 16.4. The van der Waals surface area contributed by atoms with Crippen LogP contribution in [-0.4, -0.2) is 0 Å². The molecule has 0 amide bonds. The molecule has 0 saturated carbocycles. The van der Waals surface area contributed by atoms with Crippen LogP contribution < -0.4 is 4.90 Å². The van der Waals surface area contributed by atoms with Crippen molar-refractivity contribution >= 4 is 70.9 Å². The fraction of sp³-hybridized carbons (Fsp3) is 0. The van der Waals surface area contributed by atoms with E-state index in [1.165, 1.54) is 98.4 Å². The molecule has 0 fully saturated rings. The molecule has 0 aliphatic rings. The SMILES string of the molecule is c1ccc(-c2c(-c3ccccc3)c3cc(-c4ccc(N(c5cccc(-c6cccc7ccccc67)c5)c5cccc6c5ccc5ccccc56)cc4)ccc3c3ccccc23)cc1. The van der Waals surface area contributed by atoms with Crippen LogP contribution in [-0.2, 0) is 0 Å². The number of hydrogen-bond acceptors (Lipinski definition) is 1. The van der Waals surface area contributed by atoms with E-state index in [0.29, 0.717) is 0 Å². The van der Waals surface area contributed by atoms with Gasteiger partial charge in [-0.05, 0) is 129 Å². The summed E-state index contributed by atoms with van der Waals surface area (Å²) in [5.41, 5.74) is 13.1. The van der Waals surface area contributed by atoms with E-state index in [9.17, 15) is 0 Å². The molecule has 12 aromatic rings. The van der Waals surface area contributed by atoms with Gasteiger partial charge in [0.2, 0.25) is 0 Å². The molecule has 1 nitrogen and oxygen atoms in total. The van der Waals surface area contributed by atoms with Gasteiger partial charge < -0.3 is 4.90 Å². The lowest BCUT2D eigenvalue weighted by molar-refractivity contribution is 1.30. The van der Waals surface area contributed by atoms with Crippen LogP contribution in [0.1, 0.15) is 0 Å². The van der Waals surface area contributed by atoms with E-state index in [0.717, 1.165) is 17.1 Å². The number of benzene rings is 12. The highest BCUT2D eigenvalue weighted by molar-refractivity contribution is 6.22. The van der Waals surface area contributed by atoms with Gasteiger partial charge >= 0.3 is 0 Å². The number of hydrogen-bond donors (Lipinski definition) is 0. The summed E-state index contributed by atoms with van der Waals surface area (Å²) in [6.45, 7) is 0. The normalized spacial score (nSPS) is 11.5. The highest BCUT2D eigenvalue weighted by Crippen LogP contribution is 2.47. The van der Waals surface area contributed by atoms with Gasteiger partial charge in [-0.2, -0.15) is 0 Å². The van der Waals surface area contributed by atoms with E-state index in [1.54, 1.807) is 0 Å². The van der Waals surface area contributed by atoms with Gasteiger partial charge in [-0.3, -0.25) is 0 Å². The van der Waals surface area contributed by atoms with Gasteiger partial charge in [0.1, 0.15) is 0 Å². The third-order valence-corrected chi connectivity index (χ3v) is 12.8. The van der Waals surface area contributed by atoms with Gasteiger partial charge in [0.15, 0.2) is 0 Å². The van der Waals surface area contributed by atoms with Crippen molar-refractivity contribution in [2.75, 3.05) is 4.90 Å². The fourth-order valence-electron chi connectivity index (χ4n) is 9.92. The molecule has 0 atom stereocenters. The first-order valence-electron chi connectivity index (χ1n) is 21.8. The highest BCUT2D eigenvalue weighted by Gasteiger charge is 2.20. The molecule has 0 aliphatic heterocycles. The Hall–Kier alpha value is -8.26. The van der Waals surface area contributed by atoms with Crippen LogP contribution in [0.5, 0.6) is 0 Å². The first-order chi connectivity index (χ1) is 31.3. The van der Waals surface area contributed by atoms with Gasteiger partial charge in [0.05, 0.1) is 5.69 Å². The molecule has 0 aliphatic carbocycles. The number of nitrogens with zero attached hydrogens (tertiary/aromatic N) is 1. The molecule has 0 N–H and O–H groups in total. The monoisotopic (exact) mass is 799 g/mol. The Morgan fingerprint density at radius 1 is 0.222 bits per heavy atom. The Labute approximate surface area is 367 Å². The van der Waals surface area contributed by atoms with Crippen LogP contribution in [0.25, 0.3) is 98.4 Å². The minimum atomic E-state index is 1.09. The molecule has 0 saturated heterocycles. The quantitative estimate of drug-likeness (QED) is 0.145. The summed E-state index contributed by atoms with van der Waals surface area (Å²) in [6.07, 6.45) is 0. The van der Waals surface area contributed by atoms with Crippen LogP contribution in [0.3, 0.4) is 0 Å². The summed E-state index contributed by atoms with van der Waals surface area (Å²) in [7, 11) is 0. The third-order valence-electron chi connectivity index (χ3n) is 12.8. The van der Waals surface area contributed by atoms with Crippen molar-refractivity contribution in [2.24, 2.45) is 0 Å². The van der Waals surface area contributed by atoms with Crippen LogP contribution in [0, 0.1) is 0 Å². The van der Waals surface area contributed by atoms with E-state index >= 15 is 0 Å². The number of rotatable bonds is 7. The van der Waals surface area contributed by atoms with Gasteiger partial charge in [0, 0.05) is 16.8 Å². The fourth-order valence-corrected chi connectivity index (χ4v) is 9.92. The molecule has 12 rings (SSSR count). The minimum absolute atomic E-state index is 1.09. The smallest absolute Gasteiger partial charge is 0.0540 e. The Bertz CT molecular complexity index is 3660. The summed E-state index contributed by atoms with van der Waals surface area (Å²) in [5, 5.41) is 12.5. The lowest BCUT2D eigenvalue weighted by Crippen LogP contribution is -2.10. The third kappa shape index (κ3) is 6.33. The zero-order valence-corrected chi connectivity index (χ0v) is 34.6. The van der Waals surface area contributed by atoms with Crippen molar-refractivity contribution in [3.05, 3.63) is 249 Å². The van der Waals surface area contributed by atoms with Crippen molar-refractivity contribution in [3.8, 4) is 44.5 Å². The molecule has 1 heteroatoms. The van der Waals surface area contributed by atoms with E-state index in [2.05, 4.69) is 254 Å². The molecule has 0 aromatic heterocycles. The van der Waals surface area contributed by atoms with Crippen molar-refractivity contribution in [1.29, 1.82) is 0 Å².